The standard InChI is InChI=1S/C14H11F2N6PS/c1-2-10-12(11-9(5-17)20-22-21-11)19-13(24-10)8-4-3-7(6-18-8)14(15,16)23/h3-4,6H,2,23H2,1H3,(H,20,21,22). The number of hydrogen-bond donors (Lipinski definition) is 1. The third kappa shape index (κ3) is 3.03. The number of aromatic nitrogens is 5. The molecule has 3 heterocycles. The quantitative estimate of drug-likeness (QED) is 0.717. The molecule has 1 unspecified atom stereocenters. The molecule has 0 radical (unpaired) electrons. The molecule has 3 rings (SSSR count). The van der Waals surface area contributed by atoms with E-state index in [2.05, 4.69) is 25.4 Å². The van der Waals surface area contributed by atoms with Crippen LogP contribution in [0.25, 0.3) is 22.1 Å². The van der Waals surface area contributed by atoms with E-state index in [1.165, 1.54) is 32.7 Å². The number of halogens is 2. The number of pyridine rings is 1. The van der Waals surface area contributed by atoms with Gasteiger partial charge in [-0.25, -0.2) is 4.98 Å². The summed E-state index contributed by atoms with van der Waals surface area (Å²) in [5, 5.41) is 19.8. The van der Waals surface area contributed by atoms with Gasteiger partial charge >= 0.3 is 0 Å². The summed E-state index contributed by atoms with van der Waals surface area (Å²) < 4.78 is 26.5. The summed E-state index contributed by atoms with van der Waals surface area (Å²) in [7, 11) is 1.48. The minimum atomic E-state index is -3.02. The molecule has 3 aromatic rings. The van der Waals surface area contributed by atoms with Gasteiger partial charge in [0.1, 0.15) is 16.8 Å². The highest BCUT2D eigenvalue weighted by molar-refractivity contribution is 7.17. The van der Waals surface area contributed by atoms with Crippen molar-refractivity contribution in [2.75, 3.05) is 0 Å². The fraction of sp³-hybridized carbons (Fsp3) is 0.214. The Morgan fingerprint density at radius 1 is 1.33 bits per heavy atom. The average Bonchev–Trinajstić information content (AvgIpc) is 3.20. The highest BCUT2D eigenvalue weighted by Gasteiger charge is 2.25. The maximum atomic E-state index is 13.2. The molecule has 1 N–H and O–H groups in total. The zero-order valence-corrected chi connectivity index (χ0v) is 14.4. The van der Waals surface area contributed by atoms with Gasteiger partial charge in [0.2, 0.25) is 0 Å². The summed E-state index contributed by atoms with van der Waals surface area (Å²) in [4.78, 5) is 9.47. The van der Waals surface area contributed by atoms with Gasteiger partial charge in [-0.1, -0.05) is 16.2 Å². The predicted octanol–water partition coefficient (Wildman–Crippen LogP) is 3.35. The van der Waals surface area contributed by atoms with Gasteiger partial charge in [0.25, 0.3) is 5.66 Å². The number of nitriles is 1. The fourth-order valence-electron chi connectivity index (χ4n) is 2.08. The monoisotopic (exact) mass is 364 g/mol. The second-order valence-corrected chi connectivity index (χ2v) is 6.64. The number of hydrogen-bond acceptors (Lipinski definition) is 6. The van der Waals surface area contributed by atoms with Crippen molar-refractivity contribution in [1.29, 1.82) is 5.26 Å². The van der Waals surface area contributed by atoms with E-state index in [1.54, 1.807) is 0 Å². The molecule has 0 aliphatic carbocycles. The summed E-state index contributed by atoms with van der Waals surface area (Å²) >= 11 is 1.39. The Labute approximate surface area is 142 Å². The maximum absolute atomic E-state index is 13.2. The fourth-order valence-corrected chi connectivity index (χ4v) is 3.23. The molecule has 0 amide bonds. The average molecular weight is 364 g/mol. The van der Waals surface area contributed by atoms with Crippen molar-refractivity contribution in [3.63, 3.8) is 0 Å². The molecule has 3 aromatic heterocycles. The molecule has 0 aromatic carbocycles. The molecular weight excluding hydrogens is 353 g/mol. The molecule has 6 nitrogen and oxygen atoms in total. The smallest absolute Gasteiger partial charge is 0.253 e. The van der Waals surface area contributed by atoms with Crippen molar-refractivity contribution in [2.45, 2.75) is 19.0 Å². The predicted molar refractivity (Wildman–Crippen MR) is 88.4 cm³/mol. The summed E-state index contributed by atoms with van der Waals surface area (Å²) in [6, 6.07) is 4.78. The lowest BCUT2D eigenvalue weighted by molar-refractivity contribution is 0.103. The molecule has 24 heavy (non-hydrogen) atoms. The van der Waals surface area contributed by atoms with Crippen molar-refractivity contribution in [2.24, 2.45) is 0 Å². The van der Waals surface area contributed by atoms with Crippen molar-refractivity contribution in [3.8, 4) is 28.2 Å². The number of aromatic amines is 1. The van der Waals surface area contributed by atoms with Crippen LogP contribution in [0.3, 0.4) is 0 Å². The van der Waals surface area contributed by atoms with E-state index in [4.69, 9.17) is 5.26 Å². The zero-order chi connectivity index (χ0) is 17.3. The van der Waals surface area contributed by atoms with E-state index in [9.17, 15) is 8.78 Å². The molecular formula is C14H11F2N6PS. The molecule has 1 atom stereocenters. The SMILES string of the molecule is CCc1sc(-c2ccc(C(F)(F)P)cn2)nc1-c1n[nH]nc1C#N. The second-order valence-electron chi connectivity index (χ2n) is 4.83. The second kappa shape index (κ2) is 6.30. The van der Waals surface area contributed by atoms with Crippen LogP contribution in [-0.4, -0.2) is 25.4 Å². The topological polar surface area (TPSA) is 91.1 Å². The van der Waals surface area contributed by atoms with Gasteiger partial charge in [0.05, 0.1) is 5.69 Å². The molecule has 10 heteroatoms. The summed E-state index contributed by atoms with van der Waals surface area (Å²) in [5.74, 6) is 0. The van der Waals surface area contributed by atoms with Crippen LogP contribution >= 0.6 is 20.6 Å². The minimum Gasteiger partial charge on any atom is -0.253 e. The molecule has 122 valence electrons. The number of H-pyrrole nitrogens is 1. The maximum Gasteiger partial charge on any atom is 0.285 e. The van der Waals surface area contributed by atoms with Crippen LogP contribution in [0.5, 0.6) is 0 Å². The zero-order valence-electron chi connectivity index (χ0n) is 12.4. The van der Waals surface area contributed by atoms with Crippen LogP contribution in [0.15, 0.2) is 18.3 Å². The Bertz CT molecular complexity index is 907. The van der Waals surface area contributed by atoms with Crippen LogP contribution in [0.1, 0.15) is 23.1 Å². The normalized spacial score (nSPS) is 11.5. The van der Waals surface area contributed by atoms with Crippen LogP contribution in [-0.2, 0) is 12.1 Å². The molecule has 0 aliphatic heterocycles. The van der Waals surface area contributed by atoms with E-state index < -0.39 is 5.66 Å². The van der Waals surface area contributed by atoms with Gasteiger partial charge in [-0.05, 0) is 18.6 Å². The van der Waals surface area contributed by atoms with Gasteiger partial charge in [-0.15, -0.1) is 16.4 Å². The van der Waals surface area contributed by atoms with Gasteiger partial charge in [0.15, 0.2) is 11.4 Å². The summed E-state index contributed by atoms with van der Waals surface area (Å²) in [6.45, 7) is 1.96. The first-order valence-corrected chi connectivity index (χ1v) is 8.28. The van der Waals surface area contributed by atoms with E-state index in [1.807, 2.05) is 13.0 Å². The highest BCUT2D eigenvalue weighted by Crippen LogP contribution is 2.36. The Kier molecular flexibility index (Phi) is 4.35. The Morgan fingerprint density at radius 3 is 2.71 bits per heavy atom. The Morgan fingerprint density at radius 2 is 2.12 bits per heavy atom. The molecule has 0 saturated carbocycles. The van der Waals surface area contributed by atoms with E-state index in [0.717, 1.165) is 11.1 Å². The molecule has 0 fully saturated rings. The van der Waals surface area contributed by atoms with Crippen molar-refractivity contribution in [1.82, 2.24) is 25.4 Å². The molecule has 0 spiro atoms. The first kappa shape index (κ1) is 16.6. The highest BCUT2D eigenvalue weighted by atomic mass is 32.1. The first-order valence-electron chi connectivity index (χ1n) is 6.88. The number of thiazole rings is 1. The largest absolute Gasteiger partial charge is 0.285 e. The van der Waals surface area contributed by atoms with Crippen LogP contribution in [0.4, 0.5) is 8.78 Å². The number of nitrogens with one attached hydrogen (secondary N) is 1. The number of nitrogens with zero attached hydrogens (tertiary/aromatic N) is 5. The van der Waals surface area contributed by atoms with Crippen molar-refractivity contribution < 1.29 is 8.78 Å². The third-order valence-corrected chi connectivity index (χ3v) is 4.82. The van der Waals surface area contributed by atoms with E-state index in [0.29, 0.717) is 28.5 Å². The molecule has 0 aliphatic rings. The van der Waals surface area contributed by atoms with Gasteiger partial charge < -0.3 is 0 Å². The Hall–Kier alpha value is -2.30. The molecule has 0 bridgehead atoms. The van der Waals surface area contributed by atoms with Crippen LogP contribution in [0.2, 0.25) is 0 Å². The Balaban J connectivity index is 2.03. The van der Waals surface area contributed by atoms with Gasteiger partial charge in [-0.3, -0.25) is 4.98 Å². The summed E-state index contributed by atoms with van der Waals surface area (Å²) in [6.07, 6.45) is 1.82. The third-order valence-electron chi connectivity index (χ3n) is 3.26. The molecule has 0 saturated heterocycles. The van der Waals surface area contributed by atoms with Crippen LogP contribution < -0.4 is 0 Å². The van der Waals surface area contributed by atoms with E-state index >= 15 is 0 Å². The van der Waals surface area contributed by atoms with Crippen molar-refractivity contribution >= 4 is 20.6 Å². The number of rotatable bonds is 4. The summed E-state index contributed by atoms with van der Waals surface area (Å²) in [5.41, 5.74) is -1.62. The lowest BCUT2D eigenvalue weighted by Gasteiger charge is -2.09. The van der Waals surface area contributed by atoms with E-state index in [-0.39, 0.29) is 11.3 Å². The minimum absolute atomic E-state index is 0.160. The lowest BCUT2D eigenvalue weighted by atomic mass is 10.2. The van der Waals surface area contributed by atoms with Gasteiger partial charge in [0, 0.05) is 16.6 Å². The van der Waals surface area contributed by atoms with Crippen molar-refractivity contribution in [3.05, 3.63) is 34.5 Å². The van der Waals surface area contributed by atoms with Crippen LogP contribution in [0, 0.1) is 11.3 Å². The van der Waals surface area contributed by atoms with Gasteiger partial charge in [-0.2, -0.15) is 24.4 Å². The number of aryl methyl sites for hydroxylation is 1. The number of alkyl halides is 2. The first-order chi connectivity index (χ1) is 11.4. The lowest BCUT2D eigenvalue weighted by Crippen LogP contribution is -2.02.